The van der Waals surface area contributed by atoms with Crippen molar-refractivity contribution >= 4 is 11.7 Å². The first kappa shape index (κ1) is 21.1. The number of carbonyl (C=O) groups excluding carboxylic acids is 1. The Balaban J connectivity index is 1.47. The zero-order valence-electron chi connectivity index (χ0n) is 18.5. The molecule has 1 N–H and O–H groups in total. The first-order chi connectivity index (χ1) is 15.5. The van der Waals surface area contributed by atoms with E-state index in [0.717, 1.165) is 42.8 Å². The van der Waals surface area contributed by atoms with E-state index in [1.165, 1.54) is 0 Å². The number of anilines is 1. The van der Waals surface area contributed by atoms with Crippen molar-refractivity contribution in [3.63, 3.8) is 0 Å². The van der Waals surface area contributed by atoms with E-state index in [1.54, 1.807) is 12.0 Å². The lowest BCUT2D eigenvalue weighted by Gasteiger charge is -2.47. The third-order valence-corrected chi connectivity index (χ3v) is 7.01. The topological polar surface area (TPSA) is 65.9 Å². The minimum Gasteiger partial charge on any atom is -0.379 e. The van der Waals surface area contributed by atoms with Gasteiger partial charge in [0.15, 0.2) is 0 Å². The van der Waals surface area contributed by atoms with Crippen LogP contribution < -0.4 is 4.90 Å². The minimum atomic E-state index is -0.963. The number of pyridine rings is 1. The largest absolute Gasteiger partial charge is 0.379 e. The lowest BCUT2D eigenvalue weighted by molar-refractivity contribution is -0.117. The molecule has 0 aliphatic carbocycles. The number of aliphatic hydroxyl groups is 1. The van der Waals surface area contributed by atoms with Crippen molar-refractivity contribution in [1.82, 2.24) is 9.88 Å². The Bertz CT molecular complexity index is 1050. The van der Waals surface area contributed by atoms with Crippen LogP contribution in [0.25, 0.3) is 0 Å². The van der Waals surface area contributed by atoms with Gasteiger partial charge in [0.25, 0.3) is 0 Å². The third-order valence-electron chi connectivity index (χ3n) is 7.01. The van der Waals surface area contributed by atoms with E-state index in [2.05, 4.69) is 28.9 Å². The van der Waals surface area contributed by atoms with Gasteiger partial charge in [-0.3, -0.25) is 14.6 Å². The van der Waals surface area contributed by atoms with Gasteiger partial charge in [0, 0.05) is 31.6 Å². The van der Waals surface area contributed by atoms with E-state index >= 15 is 0 Å². The molecule has 32 heavy (non-hydrogen) atoms. The Kier molecular flexibility index (Phi) is 5.73. The lowest BCUT2D eigenvalue weighted by Crippen LogP contribution is -2.58. The maximum absolute atomic E-state index is 12.5. The number of fused-ring (bicyclic) bond motifs is 3. The van der Waals surface area contributed by atoms with Gasteiger partial charge in [-0.1, -0.05) is 42.2 Å². The van der Waals surface area contributed by atoms with Gasteiger partial charge in [-0.25, -0.2) is 4.98 Å². The summed E-state index contributed by atoms with van der Waals surface area (Å²) < 4.78 is 5.38. The molecule has 0 radical (unpaired) electrons. The van der Waals surface area contributed by atoms with E-state index in [-0.39, 0.29) is 17.9 Å². The fourth-order valence-corrected chi connectivity index (χ4v) is 5.09. The molecule has 166 valence electrons. The molecule has 1 aromatic heterocycles. The molecule has 1 amide bonds. The zero-order chi connectivity index (χ0) is 22.1. The smallest absolute Gasteiger partial charge is 0.230 e. The van der Waals surface area contributed by atoms with Gasteiger partial charge in [0.1, 0.15) is 11.4 Å². The summed E-state index contributed by atoms with van der Waals surface area (Å²) >= 11 is 0. The molecule has 4 aliphatic heterocycles. The van der Waals surface area contributed by atoms with Crippen LogP contribution in [0.15, 0.2) is 42.5 Å². The molecule has 4 saturated heterocycles. The molecule has 1 aromatic carbocycles. The van der Waals surface area contributed by atoms with Crippen molar-refractivity contribution in [1.29, 1.82) is 0 Å². The highest BCUT2D eigenvalue weighted by Crippen LogP contribution is 2.35. The molecular formula is C26H29N3O3. The van der Waals surface area contributed by atoms with Crippen LogP contribution in [-0.2, 0) is 16.0 Å². The van der Waals surface area contributed by atoms with Crippen LogP contribution in [0.1, 0.15) is 36.1 Å². The normalized spacial score (nSPS) is 29.1. The second-order valence-corrected chi connectivity index (χ2v) is 9.12. The Hall–Kier alpha value is -2.72. The van der Waals surface area contributed by atoms with E-state index in [1.807, 2.05) is 30.3 Å². The maximum atomic E-state index is 12.5. The summed E-state index contributed by atoms with van der Waals surface area (Å²) in [5.41, 5.74) is 1.79. The van der Waals surface area contributed by atoms with Crippen molar-refractivity contribution in [3.05, 3.63) is 59.3 Å². The second-order valence-electron chi connectivity index (χ2n) is 9.12. The summed E-state index contributed by atoms with van der Waals surface area (Å²) in [4.78, 5) is 21.3. The van der Waals surface area contributed by atoms with Gasteiger partial charge in [-0.15, -0.1) is 0 Å². The number of benzene rings is 1. The number of nitrogens with zero attached hydrogens (tertiary/aromatic N) is 3. The van der Waals surface area contributed by atoms with Crippen molar-refractivity contribution in [2.75, 3.05) is 38.2 Å². The Morgan fingerprint density at radius 2 is 1.97 bits per heavy atom. The zero-order valence-corrected chi connectivity index (χ0v) is 18.5. The van der Waals surface area contributed by atoms with E-state index in [0.29, 0.717) is 31.7 Å². The van der Waals surface area contributed by atoms with Gasteiger partial charge in [-0.05, 0) is 43.6 Å². The van der Waals surface area contributed by atoms with Gasteiger partial charge < -0.3 is 9.84 Å². The molecule has 2 aromatic rings. The van der Waals surface area contributed by atoms with Crippen molar-refractivity contribution in [2.45, 2.75) is 37.4 Å². The number of piperidine rings is 3. The number of amides is 1. The number of ether oxygens (including phenoxy) is 1. The number of rotatable bonds is 4. The van der Waals surface area contributed by atoms with Gasteiger partial charge in [-0.2, -0.15) is 0 Å². The summed E-state index contributed by atoms with van der Waals surface area (Å²) in [6.45, 7) is 3.23. The molecular weight excluding hydrogens is 402 g/mol. The predicted molar refractivity (Wildman–Crippen MR) is 122 cm³/mol. The van der Waals surface area contributed by atoms with Crippen LogP contribution in [0.4, 0.5) is 5.82 Å². The third kappa shape index (κ3) is 4.16. The van der Waals surface area contributed by atoms with Crippen LogP contribution in [0.3, 0.4) is 0 Å². The van der Waals surface area contributed by atoms with Crippen molar-refractivity contribution < 1.29 is 14.6 Å². The molecule has 6 nitrogen and oxygen atoms in total. The minimum absolute atomic E-state index is 0.0236. The molecule has 6 rings (SSSR count). The highest BCUT2D eigenvalue weighted by atomic mass is 16.5. The summed E-state index contributed by atoms with van der Waals surface area (Å²) in [5.74, 6) is 7.36. The van der Waals surface area contributed by atoms with Crippen LogP contribution in [-0.4, -0.2) is 65.9 Å². The standard InChI is InChI=1S/C26H29N3O3/c1-32-22-16-25(30)29(17-22)24-8-7-20(23(27-24)15-19-5-3-2-4-6-19)9-12-26(31)18-28-13-10-21(26)11-14-28/h2-8,21-22,31H,10-11,13-18H2,1H3/t22-,26+/m0/s1. The number of hydrogen-bond acceptors (Lipinski definition) is 5. The number of hydrogen-bond donors (Lipinski definition) is 1. The quantitative estimate of drug-likeness (QED) is 0.752. The van der Waals surface area contributed by atoms with Crippen molar-refractivity contribution in [2.24, 2.45) is 5.92 Å². The summed E-state index contributed by atoms with van der Waals surface area (Å²) in [7, 11) is 1.63. The number of carbonyl (C=O) groups is 1. The average molecular weight is 432 g/mol. The maximum Gasteiger partial charge on any atom is 0.230 e. The Morgan fingerprint density at radius 1 is 1.19 bits per heavy atom. The molecule has 0 spiro atoms. The highest BCUT2D eigenvalue weighted by molar-refractivity contribution is 5.95. The first-order valence-electron chi connectivity index (χ1n) is 11.4. The fourth-order valence-electron chi connectivity index (χ4n) is 5.09. The average Bonchev–Trinajstić information content (AvgIpc) is 3.20. The Morgan fingerprint density at radius 3 is 2.62 bits per heavy atom. The monoisotopic (exact) mass is 431 g/mol. The summed E-state index contributed by atoms with van der Waals surface area (Å²) in [6.07, 6.45) is 2.88. The Labute approximate surface area is 189 Å². The van der Waals surface area contributed by atoms with E-state index in [9.17, 15) is 9.90 Å². The van der Waals surface area contributed by atoms with Crippen LogP contribution >= 0.6 is 0 Å². The summed E-state index contributed by atoms with van der Waals surface area (Å²) in [5, 5.41) is 11.2. The molecule has 0 unspecified atom stereocenters. The molecule has 2 bridgehead atoms. The molecule has 4 fully saturated rings. The second kappa shape index (κ2) is 8.67. The van der Waals surface area contributed by atoms with Crippen LogP contribution in [0.2, 0.25) is 0 Å². The van der Waals surface area contributed by atoms with E-state index in [4.69, 9.17) is 9.72 Å². The van der Waals surface area contributed by atoms with Gasteiger partial charge >= 0.3 is 0 Å². The molecule has 5 heterocycles. The molecule has 6 heteroatoms. The molecule has 0 saturated carbocycles. The highest BCUT2D eigenvalue weighted by Gasteiger charge is 2.44. The van der Waals surface area contributed by atoms with Crippen LogP contribution in [0.5, 0.6) is 0 Å². The first-order valence-corrected chi connectivity index (χ1v) is 11.4. The van der Waals surface area contributed by atoms with Crippen molar-refractivity contribution in [3.8, 4) is 11.8 Å². The number of methoxy groups -OCH3 is 1. The number of aromatic nitrogens is 1. The van der Waals surface area contributed by atoms with E-state index < -0.39 is 5.60 Å². The SMILES string of the molecule is CO[C@H]1CC(=O)N(c2ccc(C#C[C@@]3(O)CN4CCC3CC4)c(Cc3ccccc3)n2)C1. The summed E-state index contributed by atoms with van der Waals surface area (Å²) in [6, 6.07) is 13.9. The van der Waals surface area contributed by atoms with Crippen LogP contribution in [0, 0.1) is 17.8 Å². The lowest BCUT2D eigenvalue weighted by atomic mass is 9.75. The molecule has 4 aliphatic rings. The van der Waals surface area contributed by atoms with Gasteiger partial charge in [0.05, 0.1) is 24.8 Å². The van der Waals surface area contributed by atoms with Gasteiger partial charge in [0.2, 0.25) is 5.91 Å². The molecule has 2 atom stereocenters. The predicted octanol–water partition coefficient (Wildman–Crippen LogP) is 2.23. The fraction of sp³-hybridized carbons (Fsp3) is 0.462.